The van der Waals surface area contributed by atoms with Gasteiger partial charge in [0.05, 0.1) is 0 Å². The second-order valence-corrected chi connectivity index (χ2v) is 4.82. The van der Waals surface area contributed by atoms with Crippen LogP contribution in [0.5, 0.6) is 0 Å². The highest BCUT2D eigenvalue weighted by molar-refractivity contribution is 5.46. The van der Waals surface area contributed by atoms with E-state index in [9.17, 15) is 0 Å². The van der Waals surface area contributed by atoms with E-state index in [0.29, 0.717) is 17.7 Å². The van der Waals surface area contributed by atoms with E-state index in [4.69, 9.17) is 5.26 Å². The number of piperidine rings is 1. The molecule has 1 aliphatic rings. The molecule has 90 valence electrons. The minimum Gasteiger partial charge on any atom is -0.382 e. The molecule has 0 saturated carbocycles. The predicted octanol–water partition coefficient (Wildman–Crippen LogP) is 1.71. The summed E-state index contributed by atoms with van der Waals surface area (Å²) in [4.78, 5) is 6.33. The molecule has 2 atom stereocenters. The molecule has 0 aromatic carbocycles. The largest absolute Gasteiger partial charge is 0.382 e. The lowest BCUT2D eigenvalue weighted by Gasteiger charge is -2.35. The van der Waals surface area contributed by atoms with Gasteiger partial charge in [-0.05, 0) is 38.1 Å². The SMILES string of the molecule is CC1CN(C)CCC1Nc1ccnc(C#N)c1. The Bertz CT molecular complexity index is 424. The highest BCUT2D eigenvalue weighted by atomic mass is 15.1. The second-order valence-electron chi connectivity index (χ2n) is 4.82. The van der Waals surface area contributed by atoms with Crippen molar-refractivity contribution in [2.45, 2.75) is 19.4 Å². The Kier molecular flexibility index (Phi) is 3.60. The van der Waals surface area contributed by atoms with Gasteiger partial charge in [0.2, 0.25) is 0 Å². The molecule has 4 nitrogen and oxygen atoms in total. The predicted molar refractivity (Wildman–Crippen MR) is 67.6 cm³/mol. The number of hydrogen-bond acceptors (Lipinski definition) is 4. The smallest absolute Gasteiger partial charge is 0.142 e. The summed E-state index contributed by atoms with van der Waals surface area (Å²) in [6.07, 6.45) is 2.82. The number of pyridine rings is 1. The van der Waals surface area contributed by atoms with Crippen LogP contribution in [0.2, 0.25) is 0 Å². The van der Waals surface area contributed by atoms with E-state index < -0.39 is 0 Å². The van der Waals surface area contributed by atoms with Crippen LogP contribution < -0.4 is 5.32 Å². The first-order valence-corrected chi connectivity index (χ1v) is 6.00. The van der Waals surface area contributed by atoms with Crippen molar-refractivity contribution in [1.82, 2.24) is 9.88 Å². The molecule has 2 heterocycles. The molecule has 1 aromatic heterocycles. The summed E-state index contributed by atoms with van der Waals surface area (Å²) in [5.74, 6) is 0.618. The molecule has 1 N–H and O–H groups in total. The molecule has 1 saturated heterocycles. The topological polar surface area (TPSA) is 52.0 Å². The molecule has 2 rings (SSSR count). The number of nitrogens with one attached hydrogen (secondary N) is 1. The summed E-state index contributed by atoms with van der Waals surface area (Å²) >= 11 is 0. The van der Waals surface area contributed by atoms with Crippen LogP contribution in [0.3, 0.4) is 0 Å². The van der Waals surface area contributed by atoms with E-state index in [1.165, 1.54) is 0 Å². The van der Waals surface area contributed by atoms with Gasteiger partial charge in [0.1, 0.15) is 11.8 Å². The third-order valence-electron chi connectivity index (χ3n) is 3.33. The zero-order chi connectivity index (χ0) is 12.3. The Morgan fingerprint density at radius 1 is 1.59 bits per heavy atom. The lowest BCUT2D eigenvalue weighted by molar-refractivity contribution is 0.206. The molecular formula is C13H18N4. The molecule has 0 bridgehead atoms. The van der Waals surface area contributed by atoms with Gasteiger partial charge >= 0.3 is 0 Å². The van der Waals surface area contributed by atoms with Gasteiger partial charge in [-0.15, -0.1) is 0 Å². The summed E-state index contributed by atoms with van der Waals surface area (Å²) in [6.45, 7) is 4.51. The third kappa shape index (κ3) is 2.95. The van der Waals surface area contributed by atoms with E-state index in [1.54, 1.807) is 6.20 Å². The van der Waals surface area contributed by atoms with Crippen LogP contribution in [0.4, 0.5) is 5.69 Å². The highest BCUT2D eigenvalue weighted by Gasteiger charge is 2.23. The fourth-order valence-electron chi connectivity index (χ4n) is 2.36. The van der Waals surface area contributed by atoms with Crippen LogP contribution in [0.15, 0.2) is 18.3 Å². The van der Waals surface area contributed by atoms with Crippen molar-refractivity contribution in [2.75, 3.05) is 25.5 Å². The lowest BCUT2D eigenvalue weighted by atomic mass is 9.94. The van der Waals surface area contributed by atoms with Gasteiger partial charge in [-0.25, -0.2) is 4.98 Å². The van der Waals surface area contributed by atoms with E-state index >= 15 is 0 Å². The first kappa shape index (κ1) is 11.9. The van der Waals surface area contributed by atoms with E-state index in [1.807, 2.05) is 12.1 Å². The van der Waals surface area contributed by atoms with Gasteiger partial charge in [-0.1, -0.05) is 6.92 Å². The highest BCUT2D eigenvalue weighted by Crippen LogP contribution is 2.20. The van der Waals surface area contributed by atoms with Crippen molar-refractivity contribution in [2.24, 2.45) is 5.92 Å². The average molecular weight is 230 g/mol. The van der Waals surface area contributed by atoms with E-state index in [2.05, 4.69) is 35.2 Å². The summed E-state index contributed by atoms with van der Waals surface area (Å²) < 4.78 is 0. The third-order valence-corrected chi connectivity index (χ3v) is 3.33. The zero-order valence-electron chi connectivity index (χ0n) is 10.3. The molecule has 1 fully saturated rings. The Morgan fingerprint density at radius 2 is 2.41 bits per heavy atom. The maximum atomic E-state index is 8.81. The summed E-state index contributed by atoms with van der Waals surface area (Å²) in [5, 5.41) is 12.3. The normalized spacial score (nSPS) is 25.2. The average Bonchev–Trinajstić information content (AvgIpc) is 2.33. The molecule has 1 aliphatic heterocycles. The maximum Gasteiger partial charge on any atom is 0.142 e. The second kappa shape index (κ2) is 5.15. The zero-order valence-corrected chi connectivity index (χ0v) is 10.3. The van der Waals surface area contributed by atoms with Crippen LogP contribution in [-0.4, -0.2) is 36.1 Å². The van der Waals surface area contributed by atoms with Crippen molar-refractivity contribution in [3.8, 4) is 6.07 Å². The summed E-state index contributed by atoms with van der Waals surface area (Å²) in [6, 6.07) is 6.28. The number of aromatic nitrogens is 1. The van der Waals surface area contributed by atoms with E-state index in [0.717, 1.165) is 25.2 Å². The van der Waals surface area contributed by atoms with Gasteiger partial charge in [-0.2, -0.15) is 5.26 Å². The van der Waals surface area contributed by atoms with Gasteiger partial charge in [-0.3, -0.25) is 0 Å². The van der Waals surface area contributed by atoms with Crippen LogP contribution in [-0.2, 0) is 0 Å². The Hall–Kier alpha value is -1.60. The minimum atomic E-state index is 0.468. The van der Waals surface area contributed by atoms with Crippen LogP contribution in [0.1, 0.15) is 19.0 Å². The van der Waals surface area contributed by atoms with Gasteiger partial charge < -0.3 is 10.2 Å². The fraction of sp³-hybridized carbons (Fsp3) is 0.538. The molecule has 0 spiro atoms. The molecule has 2 unspecified atom stereocenters. The number of likely N-dealkylation sites (tertiary alicyclic amines) is 1. The molecule has 1 aromatic rings. The van der Waals surface area contributed by atoms with Crippen molar-refractivity contribution in [1.29, 1.82) is 5.26 Å². The molecule has 4 heteroatoms. The standard InChI is InChI=1S/C13H18N4/c1-10-9-17(2)6-4-13(10)16-11-3-5-15-12(7-11)8-14/h3,5,7,10,13H,4,6,9H2,1-2H3,(H,15,16). The minimum absolute atomic E-state index is 0.468. The molecule has 0 aliphatic carbocycles. The lowest BCUT2D eigenvalue weighted by Crippen LogP contribution is -2.43. The molecule has 17 heavy (non-hydrogen) atoms. The van der Waals surface area contributed by atoms with Crippen LogP contribution >= 0.6 is 0 Å². The van der Waals surface area contributed by atoms with Crippen LogP contribution in [0.25, 0.3) is 0 Å². The fourth-order valence-corrected chi connectivity index (χ4v) is 2.36. The Labute approximate surface area is 102 Å². The molecule has 0 radical (unpaired) electrons. The first-order chi connectivity index (χ1) is 8.19. The van der Waals surface area contributed by atoms with Crippen molar-refractivity contribution in [3.63, 3.8) is 0 Å². The summed E-state index contributed by atoms with van der Waals surface area (Å²) in [5.41, 5.74) is 1.47. The molecular weight excluding hydrogens is 212 g/mol. The summed E-state index contributed by atoms with van der Waals surface area (Å²) in [7, 11) is 2.16. The first-order valence-electron chi connectivity index (χ1n) is 6.00. The Balaban J connectivity index is 2.03. The van der Waals surface area contributed by atoms with Gasteiger partial charge in [0, 0.05) is 24.5 Å². The van der Waals surface area contributed by atoms with Crippen molar-refractivity contribution >= 4 is 5.69 Å². The number of rotatable bonds is 2. The van der Waals surface area contributed by atoms with E-state index in [-0.39, 0.29) is 0 Å². The Morgan fingerprint density at radius 3 is 3.12 bits per heavy atom. The monoisotopic (exact) mass is 230 g/mol. The van der Waals surface area contributed by atoms with Crippen molar-refractivity contribution in [3.05, 3.63) is 24.0 Å². The number of hydrogen-bond donors (Lipinski definition) is 1. The van der Waals surface area contributed by atoms with Gasteiger partial charge in [0.15, 0.2) is 0 Å². The number of nitriles is 1. The number of nitrogens with zero attached hydrogens (tertiary/aromatic N) is 3. The maximum absolute atomic E-state index is 8.81. The van der Waals surface area contributed by atoms with Gasteiger partial charge in [0.25, 0.3) is 0 Å². The van der Waals surface area contributed by atoms with Crippen molar-refractivity contribution < 1.29 is 0 Å². The quantitative estimate of drug-likeness (QED) is 0.840. The number of anilines is 1. The van der Waals surface area contributed by atoms with Crippen LogP contribution in [0, 0.1) is 17.2 Å². The molecule has 0 amide bonds.